The largest absolute Gasteiger partial charge is 0.362 e. The van der Waals surface area contributed by atoms with E-state index in [2.05, 4.69) is 17.2 Å². The number of hydrogen-bond acceptors (Lipinski definition) is 3. The fourth-order valence-electron chi connectivity index (χ4n) is 2.78. The Labute approximate surface area is 158 Å². The van der Waals surface area contributed by atoms with Gasteiger partial charge in [-0.15, -0.1) is 0 Å². The Balaban J connectivity index is 1.88. The summed E-state index contributed by atoms with van der Waals surface area (Å²) in [5, 5.41) is 6.40. The summed E-state index contributed by atoms with van der Waals surface area (Å²) in [5.41, 5.74) is 3.96. The molecule has 1 atom stereocenters. The third-order valence-electron chi connectivity index (χ3n) is 3.99. The minimum atomic E-state index is -0.713. The monoisotopic (exact) mass is 368 g/mol. The van der Waals surface area contributed by atoms with Gasteiger partial charge in [0, 0.05) is 17.5 Å². The molecule has 2 aromatic carbocycles. The first-order chi connectivity index (χ1) is 12.5. The van der Waals surface area contributed by atoms with Crippen molar-refractivity contribution in [3.63, 3.8) is 0 Å². The standard InChI is InChI=1S/C21H21ClN2O2/c1-13(2)26-20(15-7-5-4-6-8-15)21(25)24-19-11-16-9-10-23-14(3)17(16)12-18(19)22/h4-13,20,23H,3H2,1-2H3,(H,24,25)/t20-/m1/s1. The molecule has 1 aliphatic rings. The van der Waals surface area contributed by atoms with E-state index in [9.17, 15) is 4.79 Å². The van der Waals surface area contributed by atoms with Crippen molar-refractivity contribution in [1.29, 1.82) is 0 Å². The molecular formula is C21H21ClN2O2. The van der Waals surface area contributed by atoms with Gasteiger partial charge in [0.1, 0.15) is 0 Å². The molecule has 0 spiro atoms. The molecule has 2 aromatic rings. The molecule has 0 fully saturated rings. The molecular weight excluding hydrogens is 348 g/mol. The van der Waals surface area contributed by atoms with Crippen molar-refractivity contribution < 1.29 is 9.53 Å². The van der Waals surface area contributed by atoms with Gasteiger partial charge in [0.25, 0.3) is 5.91 Å². The predicted molar refractivity (Wildman–Crippen MR) is 107 cm³/mol. The Morgan fingerprint density at radius 3 is 2.65 bits per heavy atom. The SMILES string of the molecule is C=C1NC=Cc2cc(NC(=O)[C@H](OC(C)C)c3ccccc3)c(Cl)cc21. The molecule has 0 saturated carbocycles. The average molecular weight is 369 g/mol. The van der Waals surface area contributed by atoms with Gasteiger partial charge in [0.2, 0.25) is 0 Å². The average Bonchev–Trinajstić information content (AvgIpc) is 2.62. The number of fused-ring (bicyclic) bond motifs is 1. The Morgan fingerprint density at radius 1 is 1.23 bits per heavy atom. The van der Waals surface area contributed by atoms with E-state index in [1.807, 2.05) is 56.3 Å². The van der Waals surface area contributed by atoms with Crippen molar-refractivity contribution in [3.05, 3.63) is 77.0 Å². The number of anilines is 1. The molecule has 1 heterocycles. The summed E-state index contributed by atoms with van der Waals surface area (Å²) in [6.45, 7) is 7.76. The van der Waals surface area contributed by atoms with Gasteiger partial charge >= 0.3 is 0 Å². The summed E-state index contributed by atoms with van der Waals surface area (Å²) in [6, 6.07) is 13.1. The highest BCUT2D eigenvalue weighted by molar-refractivity contribution is 6.34. The molecule has 5 heteroatoms. The quantitative estimate of drug-likeness (QED) is 0.781. The first-order valence-corrected chi connectivity index (χ1v) is 8.80. The number of nitrogens with one attached hydrogen (secondary N) is 2. The van der Waals surface area contributed by atoms with Crippen LogP contribution in [0.2, 0.25) is 5.02 Å². The van der Waals surface area contributed by atoms with Crippen molar-refractivity contribution in [3.8, 4) is 0 Å². The van der Waals surface area contributed by atoms with Crippen LogP contribution in [-0.4, -0.2) is 12.0 Å². The van der Waals surface area contributed by atoms with Crippen LogP contribution in [0.1, 0.15) is 36.6 Å². The summed E-state index contributed by atoms with van der Waals surface area (Å²) in [4.78, 5) is 12.9. The van der Waals surface area contributed by atoms with Crippen LogP contribution in [0.25, 0.3) is 11.8 Å². The fourth-order valence-corrected chi connectivity index (χ4v) is 3.00. The van der Waals surface area contributed by atoms with Gasteiger partial charge in [0.05, 0.1) is 16.8 Å². The van der Waals surface area contributed by atoms with Gasteiger partial charge < -0.3 is 15.4 Å². The van der Waals surface area contributed by atoms with Gasteiger partial charge in [0.15, 0.2) is 6.10 Å². The van der Waals surface area contributed by atoms with E-state index in [0.717, 1.165) is 22.4 Å². The van der Waals surface area contributed by atoms with Crippen molar-refractivity contribution in [2.45, 2.75) is 26.1 Å². The summed E-state index contributed by atoms with van der Waals surface area (Å²) >= 11 is 6.38. The maximum Gasteiger partial charge on any atom is 0.258 e. The van der Waals surface area contributed by atoms with E-state index < -0.39 is 6.10 Å². The van der Waals surface area contributed by atoms with Crippen LogP contribution in [0.4, 0.5) is 5.69 Å². The zero-order valence-electron chi connectivity index (χ0n) is 14.8. The normalized spacial score (nSPS) is 13.9. The maximum absolute atomic E-state index is 12.9. The topological polar surface area (TPSA) is 50.4 Å². The highest BCUT2D eigenvalue weighted by Crippen LogP contribution is 2.32. The number of ether oxygens (including phenoxy) is 1. The Hall–Kier alpha value is -2.56. The van der Waals surface area contributed by atoms with E-state index in [1.54, 1.807) is 12.3 Å². The minimum absolute atomic E-state index is 0.0951. The first-order valence-electron chi connectivity index (χ1n) is 8.43. The summed E-state index contributed by atoms with van der Waals surface area (Å²) < 4.78 is 5.85. The predicted octanol–water partition coefficient (Wildman–Crippen LogP) is 4.99. The third-order valence-corrected chi connectivity index (χ3v) is 4.30. The van der Waals surface area contributed by atoms with Gasteiger partial charge in [-0.2, -0.15) is 0 Å². The lowest BCUT2D eigenvalue weighted by atomic mass is 10.0. The molecule has 0 radical (unpaired) electrons. The zero-order valence-corrected chi connectivity index (χ0v) is 15.5. The molecule has 1 aliphatic heterocycles. The number of benzene rings is 2. The number of rotatable bonds is 5. The lowest BCUT2D eigenvalue weighted by Gasteiger charge is -2.22. The summed E-state index contributed by atoms with van der Waals surface area (Å²) in [5.74, 6) is -0.261. The number of halogens is 1. The lowest BCUT2D eigenvalue weighted by molar-refractivity contribution is -0.130. The van der Waals surface area contributed by atoms with Crippen LogP contribution < -0.4 is 10.6 Å². The van der Waals surface area contributed by atoms with Crippen LogP contribution in [0, 0.1) is 0 Å². The molecule has 1 amide bonds. The molecule has 0 aromatic heterocycles. The molecule has 0 unspecified atom stereocenters. The number of hydrogen-bond donors (Lipinski definition) is 2. The van der Waals surface area contributed by atoms with Gasteiger partial charge in [-0.1, -0.05) is 48.5 Å². The highest BCUT2D eigenvalue weighted by atomic mass is 35.5. The Morgan fingerprint density at radius 2 is 1.96 bits per heavy atom. The van der Waals surface area contributed by atoms with E-state index in [1.165, 1.54) is 0 Å². The second kappa shape index (κ2) is 7.77. The van der Waals surface area contributed by atoms with E-state index in [0.29, 0.717) is 10.7 Å². The zero-order chi connectivity index (χ0) is 18.7. The van der Waals surface area contributed by atoms with Crippen molar-refractivity contribution in [1.82, 2.24) is 5.32 Å². The molecule has 4 nitrogen and oxygen atoms in total. The van der Waals surface area contributed by atoms with Gasteiger partial charge in [-0.05, 0) is 43.2 Å². The summed E-state index contributed by atoms with van der Waals surface area (Å²) in [6.07, 6.45) is 2.91. The van der Waals surface area contributed by atoms with E-state index in [-0.39, 0.29) is 12.0 Å². The van der Waals surface area contributed by atoms with E-state index >= 15 is 0 Å². The van der Waals surface area contributed by atoms with Gasteiger partial charge in [-0.3, -0.25) is 4.79 Å². The molecule has 134 valence electrons. The molecule has 0 bridgehead atoms. The van der Waals surface area contributed by atoms with Crippen LogP contribution in [0.5, 0.6) is 0 Å². The molecule has 3 rings (SSSR count). The molecule has 26 heavy (non-hydrogen) atoms. The minimum Gasteiger partial charge on any atom is -0.362 e. The second-order valence-corrected chi connectivity index (χ2v) is 6.75. The number of carbonyl (C=O) groups is 1. The lowest BCUT2D eigenvalue weighted by Crippen LogP contribution is -2.26. The third kappa shape index (κ3) is 3.98. The maximum atomic E-state index is 12.9. The number of amides is 1. The van der Waals surface area contributed by atoms with Crippen molar-refractivity contribution in [2.75, 3.05) is 5.32 Å². The molecule has 0 aliphatic carbocycles. The van der Waals surface area contributed by atoms with Crippen LogP contribution in [-0.2, 0) is 9.53 Å². The van der Waals surface area contributed by atoms with Gasteiger partial charge in [-0.25, -0.2) is 0 Å². The van der Waals surface area contributed by atoms with Crippen LogP contribution in [0.3, 0.4) is 0 Å². The van der Waals surface area contributed by atoms with Crippen LogP contribution >= 0.6 is 11.6 Å². The number of carbonyl (C=O) groups excluding carboxylic acids is 1. The Bertz CT molecular complexity index is 860. The first kappa shape index (κ1) is 18.2. The smallest absolute Gasteiger partial charge is 0.258 e. The highest BCUT2D eigenvalue weighted by Gasteiger charge is 2.24. The molecule has 2 N–H and O–H groups in total. The molecule has 0 saturated heterocycles. The summed E-state index contributed by atoms with van der Waals surface area (Å²) in [7, 11) is 0. The second-order valence-electron chi connectivity index (χ2n) is 6.34. The Kier molecular flexibility index (Phi) is 5.45. The van der Waals surface area contributed by atoms with Crippen LogP contribution in [0.15, 0.2) is 55.2 Å². The van der Waals surface area contributed by atoms with E-state index in [4.69, 9.17) is 16.3 Å². The fraction of sp³-hybridized carbons (Fsp3) is 0.190. The van der Waals surface area contributed by atoms with Crippen molar-refractivity contribution >= 4 is 35.0 Å². The van der Waals surface area contributed by atoms with Crippen molar-refractivity contribution in [2.24, 2.45) is 0 Å².